The smallest absolute Gasteiger partial charge is 0.0549 e. The molecule has 0 aromatic carbocycles. The van der Waals surface area contributed by atoms with Crippen molar-refractivity contribution in [2.24, 2.45) is 0 Å². The number of rotatable bonds is 4. The van der Waals surface area contributed by atoms with Crippen LogP contribution in [0.1, 0.15) is 75.5 Å². The Morgan fingerprint density at radius 1 is 0.957 bits per heavy atom. The topological polar surface area (TPSA) is 15.3 Å². The van der Waals surface area contributed by atoms with Gasteiger partial charge in [-0.2, -0.15) is 0 Å². The van der Waals surface area contributed by atoms with Crippen LogP contribution in [0, 0.1) is 0 Å². The highest BCUT2D eigenvalue weighted by molar-refractivity contribution is 7.10. The Labute approximate surface area is 146 Å². The van der Waals surface area contributed by atoms with Crippen LogP contribution in [0.15, 0.2) is 17.5 Å². The average molecular weight is 335 g/mol. The lowest BCUT2D eigenvalue weighted by Crippen LogP contribution is -2.49. The average Bonchev–Trinajstić information content (AvgIpc) is 3.05. The van der Waals surface area contributed by atoms with Gasteiger partial charge in [0.25, 0.3) is 0 Å². The van der Waals surface area contributed by atoms with E-state index in [-0.39, 0.29) is 5.54 Å². The second-order valence-electron chi connectivity index (χ2n) is 7.89. The molecule has 0 unspecified atom stereocenters. The van der Waals surface area contributed by atoms with Crippen LogP contribution in [0.4, 0.5) is 0 Å². The Balaban J connectivity index is 1.56. The molecule has 2 aliphatic rings. The summed E-state index contributed by atoms with van der Waals surface area (Å²) in [7, 11) is 4.53. The quantitative estimate of drug-likeness (QED) is 0.819. The first kappa shape index (κ1) is 17.4. The lowest BCUT2D eigenvalue weighted by Gasteiger charge is -2.45. The van der Waals surface area contributed by atoms with Gasteiger partial charge in [-0.1, -0.05) is 38.2 Å². The van der Waals surface area contributed by atoms with Crippen molar-refractivity contribution in [2.75, 3.05) is 14.1 Å². The SMILES string of the molecule is CN(C)C1(c2cccs2)CCC(NC2CCCCCCC2)CC1. The standard InChI is InChI=1S/C20H34N2S/c1-22(2)20(19-11-8-16-23-19)14-12-18(13-15-20)21-17-9-6-4-3-5-7-10-17/h8,11,16-18,21H,3-7,9-10,12-15H2,1-2H3. The van der Waals surface area contributed by atoms with Crippen LogP contribution in [-0.2, 0) is 5.54 Å². The molecule has 0 bridgehead atoms. The summed E-state index contributed by atoms with van der Waals surface area (Å²) in [5.74, 6) is 0. The summed E-state index contributed by atoms with van der Waals surface area (Å²) >= 11 is 1.94. The van der Waals surface area contributed by atoms with Crippen LogP contribution in [0.5, 0.6) is 0 Å². The second-order valence-corrected chi connectivity index (χ2v) is 8.83. The number of nitrogens with one attached hydrogen (secondary N) is 1. The largest absolute Gasteiger partial charge is 0.311 e. The van der Waals surface area contributed by atoms with E-state index in [2.05, 4.69) is 41.8 Å². The molecule has 3 rings (SSSR count). The summed E-state index contributed by atoms with van der Waals surface area (Å²) in [6.07, 6.45) is 15.3. The fraction of sp³-hybridized carbons (Fsp3) is 0.800. The minimum absolute atomic E-state index is 0.285. The van der Waals surface area contributed by atoms with Gasteiger partial charge >= 0.3 is 0 Å². The third kappa shape index (κ3) is 4.18. The molecule has 23 heavy (non-hydrogen) atoms. The molecule has 3 heteroatoms. The zero-order valence-corrected chi connectivity index (χ0v) is 15.8. The molecule has 1 heterocycles. The van der Waals surface area contributed by atoms with E-state index in [1.165, 1.54) is 70.6 Å². The Morgan fingerprint density at radius 3 is 2.13 bits per heavy atom. The Kier molecular flexibility index (Phi) is 6.17. The summed E-state index contributed by atoms with van der Waals surface area (Å²) in [6.45, 7) is 0. The van der Waals surface area contributed by atoms with Gasteiger partial charge in [0.05, 0.1) is 5.54 Å². The summed E-state index contributed by atoms with van der Waals surface area (Å²) < 4.78 is 0. The monoisotopic (exact) mass is 334 g/mol. The molecule has 0 aliphatic heterocycles. The van der Waals surface area contributed by atoms with Gasteiger partial charge in [0.1, 0.15) is 0 Å². The van der Waals surface area contributed by atoms with Crippen molar-refractivity contribution >= 4 is 11.3 Å². The molecule has 2 aliphatic carbocycles. The van der Waals surface area contributed by atoms with Crippen molar-refractivity contribution in [1.82, 2.24) is 10.2 Å². The summed E-state index contributed by atoms with van der Waals surface area (Å²) in [5, 5.41) is 6.27. The molecule has 0 atom stereocenters. The molecule has 0 radical (unpaired) electrons. The van der Waals surface area contributed by atoms with Gasteiger partial charge in [0, 0.05) is 17.0 Å². The predicted molar refractivity (Wildman–Crippen MR) is 101 cm³/mol. The van der Waals surface area contributed by atoms with Crippen molar-refractivity contribution < 1.29 is 0 Å². The van der Waals surface area contributed by atoms with E-state index in [4.69, 9.17) is 0 Å². The molecule has 0 saturated heterocycles. The van der Waals surface area contributed by atoms with E-state index in [9.17, 15) is 0 Å². The molecule has 2 saturated carbocycles. The van der Waals surface area contributed by atoms with E-state index in [0.717, 1.165) is 12.1 Å². The molecule has 2 nitrogen and oxygen atoms in total. The number of nitrogens with zero attached hydrogens (tertiary/aromatic N) is 1. The summed E-state index contributed by atoms with van der Waals surface area (Å²) in [6, 6.07) is 6.08. The van der Waals surface area contributed by atoms with Gasteiger partial charge in [-0.3, -0.25) is 4.90 Å². The van der Waals surface area contributed by atoms with Gasteiger partial charge in [-0.15, -0.1) is 11.3 Å². The van der Waals surface area contributed by atoms with Crippen molar-refractivity contribution in [3.8, 4) is 0 Å². The Morgan fingerprint density at radius 2 is 1.57 bits per heavy atom. The molecular formula is C20H34N2S. The fourth-order valence-corrected chi connectivity index (χ4v) is 5.74. The molecule has 2 fully saturated rings. The molecule has 1 aromatic heterocycles. The highest BCUT2D eigenvalue weighted by atomic mass is 32.1. The molecule has 130 valence electrons. The van der Waals surface area contributed by atoms with Gasteiger partial charge in [0.15, 0.2) is 0 Å². The normalized spacial score (nSPS) is 31.0. The number of hydrogen-bond donors (Lipinski definition) is 1. The summed E-state index contributed by atoms with van der Waals surface area (Å²) in [4.78, 5) is 4.04. The highest BCUT2D eigenvalue weighted by Crippen LogP contribution is 2.43. The van der Waals surface area contributed by atoms with Crippen molar-refractivity contribution in [2.45, 2.75) is 88.3 Å². The lowest BCUT2D eigenvalue weighted by atomic mass is 9.77. The van der Waals surface area contributed by atoms with Crippen molar-refractivity contribution in [3.63, 3.8) is 0 Å². The first-order chi connectivity index (χ1) is 11.2. The van der Waals surface area contributed by atoms with E-state index in [1.54, 1.807) is 4.88 Å². The molecule has 1 N–H and O–H groups in total. The Bertz CT molecular complexity index is 438. The predicted octanol–water partition coefficient (Wildman–Crippen LogP) is 5.15. The third-order valence-corrected chi connectivity index (χ3v) is 7.29. The zero-order chi connectivity index (χ0) is 16.1. The van der Waals surface area contributed by atoms with E-state index >= 15 is 0 Å². The fourth-order valence-electron chi connectivity index (χ4n) is 4.68. The van der Waals surface area contributed by atoms with Gasteiger partial charge in [-0.25, -0.2) is 0 Å². The highest BCUT2D eigenvalue weighted by Gasteiger charge is 2.39. The summed E-state index contributed by atoms with van der Waals surface area (Å²) in [5.41, 5.74) is 0.285. The van der Waals surface area contributed by atoms with E-state index < -0.39 is 0 Å². The van der Waals surface area contributed by atoms with Gasteiger partial charge in [-0.05, 0) is 64.1 Å². The van der Waals surface area contributed by atoms with Crippen LogP contribution >= 0.6 is 11.3 Å². The maximum atomic E-state index is 4.03. The number of hydrogen-bond acceptors (Lipinski definition) is 3. The van der Waals surface area contributed by atoms with Crippen LogP contribution in [-0.4, -0.2) is 31.1 Å². The van der Waals surface area contributed by atoms with E-state index in [1.807, 2.05) is 11.3 Å². The second kappa shape index (κ2) is 8.13. The minimum Gasteiger partial charge on any atom is -0.311 e. The molecule has 0 spiro atoms. The van der Waals surface area contributed by atoms with Crippen LogP contribution in [0.2, 0.25) is 0 Å². The van der Waals surface area contributed by atoms with E-state index in [0.29, 0.717) is 0 Å². The van der Waals surface area contributed by atoms with Gasteiger partial charge in [0.2, 0.25) is 0 Å². The first-order valence-electron chi connectivity index (χ1n) is 9.68. The van der Waals surface area contributed by atoms with Crippen molar-refractivity contribution in [3.05, 3.63) is 22.4 Å². The van der Waals surface area contributed by atoms with Crippen LogP contribution < -0.4 is 5.32 Å². The minimum atomic E-state index is 0.285. The molecule has 0 amide bonds. The van der Waals surface area contributed by atoms with Gasteiger partial charge < -0.3 is 5.32 Å². The first-order valence-corrected chi connectivity index (χ1v) is 10.6. The van der Waals surface area contributed by atoms with Crippen molar-refractivity contribution in [1.29, 1.82) is 0 Å². The third-order valence-electron chi connectivity index (χ3n) is 6.23. The molecule has 1 aromatic rings. The Hall–Kier alpha value is -0.380. The van der Waals surface area contributed by atoms with Crippen LogP contribution in [0.25, 0.3) is 0 Å². The lowest BCUT2D eigenvalue weighted by molar-refractivity contribution is 0.0858. The number of thiophene rings is 1. The van der Waals surface area contributed by atoms with Crippen LogP contribution in [0.3, 0.4) is 0 Å². The maximum Gasteiger partial charge on any atom is 0.0549 e. The molecular weight excluding hydrogens is 300 g/mol. The zero-order valence-electron chi connectivity index (χ0n) is 15.0. The maximum absolute atomic E-state index is 4.03.